The lowest BCUT2D eigenvalue weighted by Crippen LogP contribution is -2.35. The van der Waals surface area contributed by atoms with Gasteiger partial charge < -0.3 is 11.1 Å². The van der Waals surface area contributed by atoms with Gasteiger partial charge in [-0.2, -0.15) is 5.26 Å². The van der Waals surface area contributed by atoms with E-state index >= 15 is 0 Å². The number of benzene rings is 1. The molecule has 0 spiro atoms. The summed E-state index contributed by atoms with van der Waals surface area (Å²) in [6, 6.07) is 8.81. The molecule has 1 aliphatic rings. The molecule has 2 rings (SSSR count). The molecule has 4 heteroatoms. The predicted molar refractivity (Wildman–Crippen MR) is 76.8 cm³/mol. The summed E-state index contributed by atoms with van der Waals surface area (Å²) >= 11 is 1.71. The van der Waals surface area contributed by atoms with Crippen molar-refractivity contribution in [2.45, 2.75) is 43.2 Å². The first kappa shape index (κ1) is 13.3. The van der Waals surface area contributed by atoms with Crippen molar-refractivity contribution in [1.82, 2.24) is 0 Å². The lowest BCUT2D eigenvalue weighted by atomic mass is 10.1. The molecule has 0 aliphatic heterocycles. The molecule has 96 valence electrons. The van der Waals surface area contributed by atoms with Crippen molar-refractivity contribution in [3.05, 3.63) is 23.8 Å². The Hall–Kier alpha value is -1.18. The molecule has 1 aromatic carbocycles. The molecule has 3 nitrogen and oxygen atoms in total. The van der Waals surface area contributed by atoms with Crippen molar-refractivity contribution in [2.24, 2.45) is 5.73 Å². The standard InChI is InChI=1S/C14H19N3S/c1-2-18-14-8-4-6-12(10(14)9-15)17-13-7-3-5-11(13)16/h4,6,8,11,13,17H,2-3,5,7,16H2,1H3. The van der Waals surface area contributed by atoms with Crippen molar-refractivity contribution >= 4 is 17.4 Å². The van der Waals surface area contributed by atoms with E-state index in [2.05, 4.69) is 18.3 Å². The summed E-state index contributed by atoms with van der Waals surface area (Å²) in [7, 11) is 0. The number of nitrogens with zero attached hydrogens (tertiary/aromatic N) is 1. The molecular weight excluding hydrogens is 242 g/mol. The van der Waals surface area contributed by atoms with Crippen LogP contribution < -0.4 is 11.1 Å². The number of anilines is 1. The van der Waals surface area contributed by atoms with Gasteiger partial charge in [-0.1, -0.05) is 13.0 Å². The van der Waals surface area contributed by atoms with Crippen LogP contribution in [0.15, 0.2) is 23.1 Å². The highest BCUT2D eigenvalue weighted by molar-refractivity contribution is 7.99. The highest BCUT2D eigenvalue weighted by Crippen LogP contribution is 2.30. The summed E-state index contributed by atoms with van der Waals surface area (Å²) in [6.45, 7) is 2.10. The molecule has 0 saturated heterocycles. The summed E-state index contributed by atoms with van der Waals surface area (Å²) in [5, 5.41) is 12.8. The predicted octanol–water partition coefficient (Wildman–Crippen LogP) is 2.96. The topological polar surface area (TPSA) is 61.8 Å². The molecule has 0 aromatic heterocycles. The van der Waals surface area contributed by atoms with Gasteiger partial charge in [-0.15, -0.1) is 11.8 Å². The van der Waals surface area contributed by atoms with Crippen LogP contribution in [0.2, 0.25) is 0 Å². The number of nitriles is 1. The van der Waals surface area contributed by atoms with Crippen LogP contribution >= 0.6 is 11.8 Å². The third kappa shape index (κ3) is 2.80. The summed E-state index contributed by atoms with van der Waals surface area (Å²) in [5.74, 6) is 0.973. The quantitative estimate of drug-likeness (QED) is 0.818. The van der Waals surface area contributed by atoms with Crippen LogP contribution in [0, 0.1) is 11.3 Å². The van der Waals surface area contributed by atoms with Gasteiger partial charge in [-0.05, 0) is 37.1 Å². The van der Waals surface area contributed by atoms with Crippen molar-refractivity contribution in [3.63, 3.8) is 0 Å². The maximum absolute atomic E-state index is 9.33. The first-order chi connectivity index (χ1) is 8.76. The smallest absolute Gasteiger partial charge is 0.102 e. The monoisotopic (exact) mass is 261 g/mol. The minimum Gasteiger partial charge on any atom is -0.380 e. The molecule has 0 heterocycles. The fourth-order valence-electron chi connectivity index (χ4n) is 2.41. The van der Waals surface area contributed by atoms with Gasteiger partial charge in [-0.3, -0.25) is 0 Å². The molecule has 0 amide bonds. The Labute approximate surface area is 113 Å². The van der Waals surface area contributed by atoms with E-state index in [1.54, 1.807) is 11.8 Å². The Morgan fingerprint density at radius 1 is 1.50 bits per heavy atom. The van der Waals surface area contributed by atoms with Crippen LogP contribution in [0.5, 0.6) is 0 Å². The first-order valence-electron chi connectivity index (χ1n) is 6.44. The van der Waals surface area contributed by atoms with Gasteiger partial charge >= 0.3 is 0 Å². The van der Waals surface area contributed by atoms with Gasteiger partial charge in [-0.25, -0.2) is 0 Å². The zero-order valence-electron chi connectivity index (χ0n) is 10.6. The van der Waals surface area contributed by atoms with E-state index in [1.807, 2.05) is 18.2 Å². The second-order valence-corrected chi connectivity index (χ2v) is 5.87. The molecule has 18 heavy (non-hydrogen) atoms. The number of hydrogen-bond donors (Lipinski definition) is 2. The minimum atomic E-state index is 0.207. The van der Waals surface area contributed by atoms with Gasteiger partial charge in [0.25, 0.3) is 0 Å². The number of hydrogen-bond acceptors (Lipinski definition) is 4. The van der Waals surface area contributed by atoms with Gasteiger partial charge in [0.1, 0.15) is 6.07 Å². The number of nitrogens with one attached hydrogen (secondary N) is 1. The maximum Gasteiger partial charge on any atom is 0.102 e. The molecule has 0 radical (unpaired) electrons. The Kier molecular flexibility index (Phi) is 4.51. The van der Waals surface area contributed by atoms with Crippen molar-refractivity contribution in [3.8, 4) is 6.07 Å². The lowest BCUT2D eigenvalue weighted by molar-refractivity contribution is 0.637. The van der Waals surface area contributed by atoms with Crippen molar-refractivity contribution in [2.75, 3.05) is 11.1 Å². The van der Waals surface area contributed by atoms with E-state index in [0.717, 1.165) is 34.7 Å². The summed E-state index contributed by atoms with van der Waals surface area (Å²) < 4.78 is 0. The van der Waals surface area contributed by atoms with E-state index in [4.69, 9.17) is 5.73 Å². The highest BCUT2D eigenvalue weighted by atomic mass is 32.2. The van der Waals surface area contributed by atoms with E-state index in [9.17, 15) is 5.26 Å². The van der Waals surface area contributed by atoms with Gasteiger partial charge in [0.15, 0.2) is 0 Å². The number of thioether (sulfide) groups is 1. The van der Waals surface area contributed by atoms with E-state index < -0.39 is 0 Å². The van der Waals surface area contributed by atoms with Crippen LogP contribution in [0.4, 0.5) is 5.69 Å². The first-order valence-corrected chi connectivity index (χ1v) is 7.42. The zero-order chi connectivity index (χ0) is 13.0. The van der Waals surface area contributed by atoms with Crippen molar-refractivity contribution < 1.29 is 0 Å². The maximum atomic E-state index is 9.33. The van der Waals surface area contributed by atoms with E-state index in [0.29, 0.717) is 6.04 Å². The average molecular weight is 261 g/mol. The molecule has 1 fully saturated rings. The third-order valence-corrected chi connectivity index (χ3v) is 4.29. The summed E-state index contributed by atoms with van der Waals surface area (Å²) in [5.41, 5.74) is 7.75. The van der Waals surface area contributed by atoms with Gasteiger partial charge in [0.05, 0.1) is 11.3 Å². The largest absolute Gasteiger partial charge is 0.380 e. The van der Waals surface area contributed by atoms with Crippen LogP contribution in [0.3, 0.4) is 0 Å². The van der Waals surface area contributed by atoms with Crippen LogP contribution in [-0.2, 0) is 0 Å². The van der Waals surface area contributed by atoms with Gasteiger partial charge in [0, 0.05) is 17.0 Å². The lowest BCUT2D eigenvalue weighted by Gasteiger charge is -2.20. The van der Waals surface area contributed by atoms with Crippen molar-refractivity contribution in [1.29, 1.82) is 5.26 Å². The second kappa shape index (κ2) is 6.12. The SMILES string of the molecule is CCSc1cccc(NC2CCCC2N)c1C#N. The third-order valence-electron chi connectivity index (χ3n) is 3.35. The van der Waals surface area contributed by atoms with Crippen LogP contribution in [0.1, 0.15) is 31.7 Å². The summed E-state index contributed by atoms with van der Waals surface area (Å²) in [6.07, 6.45) is 3.34. The minimum absolute atomic E-state index is 0.207. The molecule has 3 N–H and O–H groups in total. The Morgan fingerprint density at radius 3 is 2.94 bits per heavy atom. The normalized spacial score (nSPS) is 22.7. The average Bonchev–Trinajstić information content (AvgIpc) is 2.76. The molecule has 2 atom stereocenters. The Balaban J connectivity index is 2.22. The Morgan fingerprint density at radius 2 is 2.33 bits per heavy atom. The van der Waals surface area contributed by atoms with E-state index in [-0.39, 0.29) is 6.04 Å². The fraction of sp³-hybridized carbons (Fsp3) is 0.500. The molecular formula is C14H19N3S. The second-order valence-electron chi connectivity index (χ2n) is 4.57. The number of rotatable bonds is 4. The highest BCUT2D eigenvalue weighted by Gasteiger charge is 2.24. The molecule has 1 aromatic rings. The Bertz CT molecular complexity index is 453. The fourth-order valence-corrected chi connectivity index (χ4v) is 3.20. The number of nitrogens with two attached hydrogens (primary N) is 1. The molecule has 0 bridgehead atoms. The zero-order valence-corrected chi connectivity index (χ0v) is 11.5. The summed E-state index contributed by atoms with van der Waals surface area (Å²) in [4.78, 5) is 1.05. The van der Waals surface area contributed by atoms with Gasteiger partial charge in [0.2, 0.25) is 0 Å². The van der Waals surface area contributed by atoms with E-state index in [1.165, 1.54) is 6.42 Å². The molecule has 1 saturated carbocycles. The molecule has 1 aliphatic carbocycles. The van der Waals surface area contributed by atoms with Crippen LogP contribution in [-0.4, -0.2) is 17.8 Å². The molecule has 2 unspecified atom stereocenters. The van der Waals surface area contributed by atoms with Crippen LogP contribution in [0.25, 0.3) is 0 Å².